The van der Waals surface area contributed by atoms with Crippen molar-refractivity contribution in [2.24, 2.45) is 0 Å². The molecule has 0 bridgehead atoms. The molecule has 2 aromatic rings. The SMILES string of the molecule is C=Cc1ccccc1C[N+](CCCC)(CCCC)CC[N+](CCCC)(CCCC)Cc1ccccc1C=C. The quantitative estimate of drug-likeness (QED) is 0.144. The topological polar surface area (TPSA) is 0 Å². The van der Waals surface area contributed by atoms with Gasteiger partial charge >= 0.3 is 0 Å². The molecule has 0 aliphatic rings. The van der Waals surface area contributed by atoms with E-state index in [0.29, 0.717) is 0 Å². The van der Waals surface area contributed by atoms with Gasteiger partial charge < -0.3 is 8.97 Å². The predicted octanol–water partition coefficient (Wildman–Crippen LogP) is 9.51. The summed E-state index contributed by atoms with van der Waals surface area (Å²) >= 11 is 0. The zero-order chi connectivity index (χ0) is 27.7. The Morgan fingerprint density at radius 3 is 1.11 bits per heavy atom. The summed E-state index contributed by atoms with van der Waals surface area (Å²) in [4.78, 5) is 0. The van der Waals surface area contributed by atoms with Gasteiger partial charge in [-0.15, -0.1) is 0 Å². The van der Waals surface area contributed by atoms with Gasteiger partial charge in [0.1, 0.15) is 26.2 Å². The third-order valence-electron chi connectivity index (χ3n) is 8.55. The second-order valence-electron chi connectivity index (χ2n) is 11.6. The summed E-state index contributed by atoms with van der Waals surface area (Å²) in [5, 5.41) is 0. The second-order valence-corrected chi connectivity index (χ2v) is 11.6. The molecule has 0 heterocycles. The number of hydrogen-bond acceptors (Lipinski definition) is 0. The number of rotatable bonds is 21. The van der Waals surface area contributed by atoms with E-state index in [4.69, 9.17) is 0 Å². The highest BCUT2D eigenvalue weighted by molar-refractivity contribution is 5.52. The van der Waals surface area contributed by atoms with E-state index in [9.17, 15) is 0 Å². The van der Waals surface area contributed by atoms with Crippen molar-refractivity contribution in [3.8, 4) is 0 Å². The van der Waals surface area contributed by atoms with E-state index in [-0.39, 0.29) is 0 Å². The lowest BCUT2D eigenvalue weighted by atomic mass is 10.0. The van der Waals surface area contributed by atoms with Crippen LogP contribution in [0.3, 0.4) is 0 Å². The molecule has 0 N–H and O–H groups in total. The smallest absolute Gasteiger partial charge is 0.129 e. The minimum absolute atomic E-state index is 1.12. The molecule has 0 unspecified atom stereocenters. The van der Waals surface area contributed by atoms with Crippen molar-refractivity contribution in [3.63, 3.8) is 0 Å². The van der Waals surface area contributed by atoms with Crippen LogP contribution in [0.25, 0.3) is 12.2 Å². The summed E-state index contributed by atoms with van der Waals surface area (Å²) in [7, 11) is 0. The summed E-state index contributed by atoms with van der Waals surface area (Å²) in [5.41, 5.74) is 5.54. The Hall–Kier alpha value is -2.16. The van der Waals surface area contributed by atoms with Crippen molar-refractivity contribution in [3.05, 3.63) is 83.9 Å². The average Bonchev–Trinajstić information content (AvgIpc) is 2.96. The maximum absolute atomic E-state index is 4.14. The van der Waals surface area contributed by atoms with E-state index in [1.165, 1.54) is 122 Å². The number of quaternary nitrogens is 2. The molecule has 0 radical (unpaired) electrons. The summed E-state index contributed by atoms with van der Waals surface area (Å²) in [6.45, 7) is 27.5. The Kier molecular flexibility index (Phi) is 14.7. The molecule has 210 valence electrons. The molecule has 0 amide bonds. The lowest BCUT2D eigenvalue weighted by molar-refractivity contribution is -0.993. The van der Waals surface area contributed by atoms with Crippen LogP contribution >= 0.6 is 0 Å². The van der Waals surface area contributed by atoms with Crippen molar-refractivity contribution in [2.75, 3.05) is 39.3 Å². The Balaban J connectivity index is 2.49. The Morgan fingerprint density at radius 1 is 0.500 bits per heavy atom. The standard InChI is InChI=1S/C36H58N2/c1-7-13-25-37(26-14-8-2,31-35-23-19-17-21-33(35)11-5)29-30-38(27-15-9-3,28-16-10-4)32-36-24-20-18-22-34(36)12-6/h11-12,17-24H,5-10,13-16,25-32H2,1-4H3/q+2. The molecule has 0 fully saturated rings. The van der Waals surface area contributed by atoms with Crippen molar-refractivity contribution < 1.29 is 8.97 Å². The van der Waals surface area contributed by atoms with E-state index in [1.807, 2.05) is 0 Å². The van der Waals surface area contributed by atoms with Gasteiger partial charge in [0.15, 0.2) is 0 Å². The molecular formula is C36H58N2+2. The first-order chi connectivity index (χ1) is 18.5. The lowest BCUT2D eigenvalue weighted by Crippen LogP contribution is -2.58. The van der Waals surface area contributed by atoms with Crippen LogP contribution in [0.5, 0.6) is 0 Å². The molecule has 2 aromatic carbocycles. The molecule has 0 saturated carbocycles. The van der Waals surface area contributed by atoms with Crippen LogP contribution < -0.4 is 0 Å². The minimum Gasteiger partial charge on any atom is -0.315 e. The lowest BCUT2D eigenvalue weighted by Gasteiger charge is -2.45. The molecule has 2 heteroatoms. The molecule has 2 nitrogen and oxygen atoms in total. The van der Waals surface area contributed by atoms with Crippen LogP contribution in [-0.2, 0) is 13.1 Å². The maximum Gasteiger partial charge on any atom is 0.129 e. The highest BCUT2D eigenvalue weighted by Gasteiger charge is 2.35. The highest BCUT2D eigenvalue weighted by Crippen LogP contribution is 2.26. The predicted molar refractivity (Wildman–Crippen MR) is 170 cm³/mol. The molecular weight excluding hydrogens is 460 g/mol. The van der Waals surface area contributed by atoms with E-state index >= 15 is 0 Å². The summed E-state index contributed by atoms with van der Waals surface area (Å²) in [6, 6.07) is 17.9. The second kappa shape index (κ2) is 17.4. The molecule has 0 aliphatic heterocycles. The fourth-order valence-corrected chi connectivity index (χ4v) is 6.02. The van der Waals surface area contributed by atoms with E-state index in [0.717, 1.165) is 13.1 Å². The van der Waals surface area contributed by atoms with Crippen LogP contribution in [-0.4, -0.2) is 48.2 Å². The number of benzene rings is 2. The first-order valence-corrected chi connectivity index (χ1v) is 15.6. The van der Waals surface area contributed by atoms with E-state index < -0.39 is 0 Å². The third kappa shape index (κ3) is 9.86. The largest absolute Gasteiger partial charge is 0.315 e. The average molecular weight is 519 g/mol. The van der Waals surface area contributed by atoms with Gasteiger partial charge in [0.25, 0.3) is 0 Å². The Labute approximate surface area is 236 Å². The summed E-state index contributed by atoms with van der Waals surface area (Å²) in [5.74, 6) is 0. The van der Waals surface area contributed by atoms with Gasteiger partial charge in [-0.1, -0.05) is 127 Å². The van der Waals surface area contributed by atoms with Crippen molar-refractivity contribution in [1.29, 1.82) is 0 Å². The van der Waals surface area contributed by atoms with Crippen LogP contribution in [0.1, 0.15) is 101 Å². The molecule has 38 heavy (non-hydrogen) atoms. The molecule has 0 aliphatic carbocycles. The van der Waals surface area contributed by atoms with Crippen LogP contribution in [0.4, 0.5) is 0 Å². The van der Waals surface area contributed by atoms with E-state index in [2.05, 4.69) is 102 Å². The summed E-state index contributed by atoms with van der Waals surface area (Å²) < 4.78 is 2.40. The molecule has 0 aromatic heterocycles. The highest BCUT2D eigenvalue weighted by atomic mass is 15.4. The van der Waals surface area contributed by atoms with Gasteiger partial charge in [0.05, 0.1) is 26.2 Å². The Bertz CT molecular complexity index is 850. The van der Waals surface area contributed by atoms with Gasteiger partial charge in [-0.25, -0.2) is 0 Å². The van der Waals surface area contributed by atoms with Crippen molar-refractivity contribution in [2.45, 2.75) is 92.2 Å². The zero-order valence-corrected chi connectivity index (χ0v) is 25.4. The summed E-state index contributed by atoms with van der Waals surface area (Å²) in [6.07, 6.45) is 14.3. The van der Waals surface area contributed by atoms with Crippen LogP contribution in [0.2, 0.25) is 0 Å². The zero-order valence-electron chi connectivity index (χ0n) is 25.4. The van der Waals surface area contributed by atoms with Gasteiger partial charge in [0, 0.05) is 11.1 Å². The third-order valence-corrected chi connectivity index (χ3v) is 8.55. The fraction of sp³-hybridized carbons (Fsp3) is 0.556. The van der Waals surface area contributed by atoms with Gasteiger partial charge in [0.2, 0.25) is 0 Å². The maximum atomic E-state index is 4.14. The molecule has 0 saturated heterocycles. The first-order valence-electron chi connectivity index (χ1n) is 15.6. The minimum atomic E-state index is 1.12. The van der Waals surface area contributed by atoms with E-state index in [1.54, 1.807) is 0 Å². The van der Waals surface area contributed by atoms with Crippen molar-refractivity contribution in [1.82, 2.24) is 0 Å². The van der Waals surface area contributed by atoms with Crippen LogP contribution in [0.15, 0.2) is 61.7 Å². The fourth-order valence-electron chi connectivity index (χ4n) is 6.02. The van der Waals surface area contributed by atoms with Gasteiger partial charge in [-0.3, -0.25) is 0 Å². The number of hydrogen-bond donors (Lipinski definition) is 0. The number of nitrogens with zero attached hydrogens (tertiary/aromatic N) is 2. The molecule has 0 atom stereocenters. The van der Waals surface area contributed by atoms with Crippen molar-refractivity contribution >= 4 is 12.2 Å². The number of unbranched alkanes of at least 4 members (excludes halogenated alkanes) is 4. The monoisotopic (exact) mass is 518 g/mol. The van der Waals surface area contributed by atoms with Gasteiger partial charge in [-0.05, 0) is 36.8 Å². The van der Waals surface area contributed by atoms with Gasteiger partial charge in [-0.2, -0.15) is 0 Å². The normalized spacial score (nSPS) is 12.0. The van der Waals surface area contributed by atoms with Crippen LogP contribution in [0, 0.1) is 0 Å². The Morgan fingerprint density at radius 2 is 0.816 bits per heavy atom. The molecule has 0 spiro atoms. The first kappa shape index (κ1) is 32.1. The molecule has 2 rings (SSSR count).